The second-order valence-corrected chi connectivity index (χ2v) is 4.65. The molecule has 2 heteroatoms. The maximum Gasteiger partial charge on any atom is 0.0615 e. The lowest BCUT2D eigenvalue weighted by Crippen LogP contribution is -2.44. The summed E-state index contributed by atoms with van der Waals surface area (Å²) in [6, 6.07) is 0.545. The first-order chi connectivity index (χ1) is 6.76. The average Bonchev–Trinajstić information content (AvgIpc) is 2.15. The molecule has 0 aliphatic heterocycles. The van der Waals surface area contributed by atoms with Gasteiger partial charge in [-0.1, -0.05) is 20.3 Å². The van der Waals surface area contributed by atoms with E-state index >= 15 is 0 Å². The van der Waals surface area contributed by atoms with Crippen LogP contribution < -0.4 is 5.32 Å². The summed E-state index contributed by atoms with van der Waals surface area (Å²) in [5, 5.41) is 3.64. The van der Waals surface area contributed by atoms with Gasteiger partial charge >= 0.3 is 0 Å². The van der Waals surface area contributed by atoms with Gasteiger partial charge in [-0.3, -0.25) is 0 Å². The van der Waals surface area contributed by atoms with Crippen LogP contribution in [0.4, 0.5) is 0 Å². The molecule has 2 nitrogen and oxygen atoms in total. The van der Waals surface area contributed by atoms with Crippen molar-refractivity contribution in [2.75, 3.05) is 20.3 Å². The zero-order chi connectivity index (χ0) is 10.4. The van der Waals surface area contributed by atoms with Gasteiger partial charge in [-0.05, 0) is 31.1 Å². The number of nitrogens with one attached hydrogen (secondary N) is 1. The predicted molar refractivity (Wildman–Crippen MR) is 60.5 cm³/mol. The molecule has 84 valence electrons. The monoisotopic (exact) mass is 199 g/mol. The first kappa shape index (κ1) is 12.0. The third kappa shape index (κ3) is 2.96. The third-order valence-electron chi connectivity index (χ3n) is 3.79. The van der Waals surface area contributed by atoms with E-state index in [1.54, 1.807) is 7.11 Å². The largest absolute Gasteiger partial charge is 0.383 e. The van der Waals surface area contributed by atoms with Crippen molar-refractivity contribution in [1.82, 2.24) is 5.32 Å². The fourth-order valence-corrected chi connectivity index (χ4v) is 2.22. The molecule has 0 radical (unpaired) electrons. The van der Waals surface area contributed by atoms with Gasteiger partial charge in [0.05, 0.1) is 6.61 Å². The van der Waals surface area contributed by atoms with Crippen LogP contribution in [0.2, 0.25) is 0 Å². The number of rotatable bonds is 7. The number of hydrogen-bond acceptors (Lipinski definition) is 2. The molecular weight excluding hydrogens is 174 g/mol. The fourth-order valence-electron chi connectivity index (χ4n) is 2.22. The second kappa shape index (κ2) is 5.72. The van der Waals surface area contributed by atoms with Gasteiger partial charge in [-0.15, -0.1) is 0 Å². The van der Waals surface area contributed by atoms with Crippen molar-refractivity contribution >= 4 is 0 Å². The summed E-state index contributed by atoms with van der Waals surface area (Å²) in [4.78, 5) is 0. The van der Waals surface area contributed by atoms with Gasteiger partial charge in [0.2, 0.25) is 0 Å². The summed E-state index contributed by atoms with van der Waals surface area (Å²) in [7, 11) is 1.78. The van der Waals surface area contributed by atoms with E-state index in [4.69, 9.17) is 4.74 Å². The summed E-state index contributed by atoms with van der Waals surface area (Å²) >= 11 is 0. The van der Waals surface area contributed by atoms with Crippen molar-refractivity contribution in [3.05, 3.63) is 0 Å². The van der Waals surface area contributed by atoms with Crippen molar-refractivity contribution in [2.45, 2.75) is 52.0 Å². The third-order valence-corrected chi connectivity index (χ3v) is 3.79. The van der Waals surface area contributed by atoms with Crippen molar-refractivity contribution in [3.8, 4) is 0 Å². The number of hydrogen-bond donors (Lipinski definition) is 1. The normalized spacial score (nSPS) is 21.6. The Labute approximate surface area is 88.4 Å². The SMILES string of the molecule is CCC(COC)NCC1(CC)CCC1. The van der Waals surface area contributed by atoms with Crippen molar-refractivity contribution < 1.29 is 4.74 Å². The molecular formula is C12H25NO. The first-order valence-corrected chi connectivity index (χ1v) is 5.98. The smallest absolute Gasteiger partial charge is 0.0615 e. The van der Waals surface area contributed by atoms with Gasteiger partial charge in [0.15, 0.2) is 0 Å². The van der Waals surface area contributed by atoms with E-state index < -0.39 is 0 Å². The Morgan fingerprint density at radius 1 is 1.36 bits per heavy atom. The van der Waals surface area contributed by atoms with Gasteiger partial charge in [-0.25, -0.2) is 0 Å². The van der Waals surface area contributed by atoms with Crippen LogP contribution >= 0.6 is 0 Å². The van der Waals surface area contributed by atoms with Gasteiger partial charge < -0.3 is 10.1 Å². The van der Waals surface area contributed by atoms with Crippen LogP contribution in [-0.2, 0) is 4.74 Å². The minimum Gasteiger partial charge on any atom is -0.383 e. The summed E-state index contributed by atoms with van der Waals surface area (Å²) in [6.07, 6.45) is 6.74. The van der Waals surface area contributed by atoms with Crippen molar-refractivity contribution in [1.29, 1.82) is 0 Å². The fraction of sp³-hybridized carbons (Fsp3) is 1.00. The molecule has 1 N–H and O–H groups in total. The summed E-state index contributed by atoms with van der Waals surface area (Å²) in [6.45, 7) is 6.57. The van der Waals surface area contributed by atoms with Crippen LogP contribution in [0.1, 0.15) is 46.0 Å². The highest BCUT2D eigenvalue weighted by Crippen LogP contribution is 2.43. The van der Waals surface area contributed by atoms with Gasteiger partial charge in [0, 0.05) is 19.7 Å². The van der Waals surface area contributed by atoms with E-state index in [1.807, 2.05) is 0 Å². The summed E-state index contributed by atoms with van der Waals surface area (Å²) in [5.74, 6) is 0. The Morgan fingerprint density at radius 2 is 2.07 bits per heavy atom. The maximum absolute atomic E-state index is 5.18. The van der Waals surface area contributed by atoms with Gasteiger partial charge in [-0.2, -0.15) is 0 Å². The second-order valence-electron chi connectivity index (χ2n) is 4.65. The molecule has 1 rings (SSSR count). The van der Waals surface area contributed by atoms with Crippen LogP contribution in [0.25, 0.3) is 0 Å². The van der Waals surface area contributed by atoms with Crippen LogP contribution in [-0.4, -0.2) is 26.3 Å². The molecule has 0 bridgehead atoms. The molecule has 0 heterocycles. The highest BCUT2D eigenvalue weighted by Gasteiger charge is 2.34. The van der Waals surface area contributed by atoms with Crippen LogP contribution in [0, 0.1) is 5.41 Å². The zero-order valence-electron chi connectivity index (χ0n) is 9.94. The number of ether oxygens (including phenoxy) is 1. The molecule has 1 aliphatic rings. The van der Waals surface area contributed by atoms with E-state index in [-0.39, 0.29) is 0 Å². The van der Waals surface area contributed by atoms with E-state index in [9.17, 15) is 0 Å². The molecule has 1 unspecified atom stereocenters. The number of methoxy groups -OCH3 is 1. The minimum absolute atomic E-state index is 0.545. The van der Waals surface area contributed by atoms with Crippen LogP contribution in [0.15, 0.2) is 0 Å². The zero-order valence-corrected chi connectivity index (χ0v) is 9.94. The summed E-state index contributed by atoms with van der Waals surface area (Å²) < 4.78 is 5.18. The molecule has 0 aromatic rings. The Kier molecular flexibility index (Phi) is 4.90. The Hall–Kier alpha value is -0.0800. The molecule has 1 fully saturated rings. The standard InChI is InChI=1S/C12H25NO/c1-4-11(9-14-3)13-10-12(5-2)7-6-8-12/h11,13H,4-10H2,1-3H3. The van der Waals surface area contributed by atoms with E-state index in [2.05, 4.69) is 19.2 Å². The Balaban J connectivity index is 2.22. The molecule has 1 atom stereocenters. The summed E-state index contributed by atoms with van der Waals surface area (Å²) in [5.41, 5.74) is 0.626. The molecule has 1 saturated carbocycles. The van der Waals surface area contributed by atoms with E-state index in [0.717, 1.165) is 13.0 Å². The first-order valence-electron chi connectivity index (χ1n) is 5.98. The van der Waals surface area contributed by atoms with Crippen molar-refractivity contribution in [2.24, 2.45) is 5.41 Å². The van der Waals surface area contributed by atoms with Gasteiger partial charge in [0.1, 0.15) is 0 Å². The molecule has 14 heavy (non-hydrogen) atoms. The molecule has 0 aromatic heterocycles. The lowest BCUT2D eigenvalue weighted by atomic mass is 9.67. The molecule has 0 spiro atoms. The molecule has 0 amide bonds. The van der Waals surface area contributed by atoms with Crippen LogP contribution in [0.3, 0.4) is 0 Å². The molecule has 0 saturated heterocycles. The topological polar surface area (TPSA) is 21.3 Å². The quantitative estimate of drug-likeness (QED) is 0.680. The Morgan fingerprint density at radius 3 is 2.43 bits per heavy atom. The molecule has 1 aliphatic carbocycles. The predicted octanol–water partition coefficient (Wildman–Crippen LogP) is 2.58. The lowest BCUT2D eigenvalue weighted by molar-refractivity contribution is 0.103. The lowest BCUT2D eigenvalue weighted by Gasteiger charge is -2.42. The van der Waals surface area contributed by atoms with Crippen molar-refractivity contribution in [3.63, 3.8) is 0 Å². The van der Waals surface area contributed by atoms with E-state index in [1.165, 1.54) is 32.2 Å². The molecule has 0 aromatic carbocycles. The van der Waals surface area contributed by atoms with E-state index in [0.29, 0.717) is 11.5 Å². The Bertz CT molecular complexity index is 149. The highest BCUT2D eigenvalue weighted by molar-refractivity contribution is 4.89. The maximum atomic E-state index is 5.18. The minimum atomic E-state index is 0.545. The average molecular weight is 199 g/mol. The van der Waals surface area contributed by atoms with Crippen LogP contribution in [0.5, 0.6) is 0 Å². The highest BCUT2D eigenvalue weighted by atomic mass is 16.5. The van der Waals surface area contributed by atoms with Gasteiger partial charge in [0.25, 0.3) is 0 Å².